The van der Waals surface area contributed by atoms with Crippen molar-refractivity contribution in [2.24, 2.45) is 5.92 Å². The summed E-state index contributed by atoms with van der Waals surface area (Å²) in [6.07, 6.45) is 1.63. The molecule has 3 aromatic rings. The molecule has 36 heavy (non-hydrogen) atoms. The first-order chi connectivity index (χ1) is 17.3. The Hall–Kier alpha value is -3.27. The molecule has 9 heteroatoms. The van der Waals surface area contributed by atoms with E-state index in [9.17, 15) is 18.3 Å². The van der Waals surface area contributed by atoms with Gasteiger partial charge in [0.15, 0.2) is 0 Å². The molecule has 0 fully saturated rings. The fourth-order valence-corrected chi connectivity index (χ4v) is 5.37. The van der Waals surface area contributed by atoms with Crippen molar-refractivity contribution in [3.63, 3.8) is 0 Å². The number of rotatable bonds is 12. The van der Waals surface area contributed by atoms with E-state index in [4.69, 9.17) is 4.74 Å². The lowest BCUT2D eigenvalue weighted by molar-refractivity contribution is 0.0873. The fraction of sp³-hybridized carbons (Fsp3) is 0.333. The zero-order valence-electron chi connectivity index (χ0n) is 20.5. The van der Waals surface area contributed by atoms with Crippen molar-refractivity contribution >= 4 is 16.1 Å². The standard InChI is InChI=1S/C27H33N3O5S/c1-21(2)18-30(36(33,34)24-13-7-4-8-14-24)19-26(31)25(16-22-10-5-3-6-11-22)29-27(32)35-20-23-12-9-15-28-17-23/h3-15,17,21,25-26,31H,16,18-20H2,1-2H3,(H,29,32)/t25?,26-/m1/s1. The molecular formula is C27H33N3O5S. The summed E-state index contributed by atoms with van der Waals surface area (Å²) >= 11 is 0. The largest absolute Gasteiger partial charge is 0.445 e. The van der Waals surface area contributed by atoms with Crippen LogP contribution in [-0.2, 0) is 27.8 Å². The van der Waals surface area contributed by atoms with Gasteiger partial charge in [-0.05, 0) is 36.1 Å². The summed E-state index contributed by atoms with van der Waals surface area (Å²) in [5, 5.41) is 13.9. The number of aliphatic hydroxyl groups excluding tert-OH is 1. The molecule has 2 aromatic carbocycles. The molecule has 0 aliphatic carbocycles. The van der Waals surface area contributed by atoms with E-state index in [0.29, 0.717) is 6.42 Å². The van der Waals surface area contributed by atoms with Crippen molar-refractivity contribution in [2.45, 2.75) is 43.9 Å². The molecule has 1 amide bonds. The molecule has 192 valence electrons. The van der Waals surface area contributed by atoms with E-state index in [1.807, 2.05) is 44.2 Å². The summed E-state index contributed by atoms with van der Waals surface area (Å²) in [6, 6.07) is 20.3. The lowest BCUT2D eigenvalue weighted by Crippen LogP contribution is -2.51. The van der Waals surface area contributed by atoms with Crippen LogP contribution in [0.5, 0.6) is 0 Å². The molecule has 1 heterocycles. The van der Waals surface area contributed by atoms with Crippen molar-refractivity contribution in [1.82, 2.24) is 14.6 Å². The Labute approximate surface area is 213 Å². The van der Waals surface area contributed by atoms with Crippen LogP contribution < -0.4 is 5.32 Å². The molecule has 3 rings (SSSR count). The van der Waals surface area contributed by atoms with Crippen molar-refractivity contribution in [3.8, 4) is 0 Å². The van der Waals surface area contributed by atoms with E-state index in [-0.39, 0.29) is 30.5 Å². The molecule has 1 unspecified atom stereocenters. The average molecular weight is 512 g/mol. The Bertz CT molecular complexity index is 1180. The molecule has 0 spiro atoms. The average Bonchev–Trinajstić information content (AvgIpc) is 2.88. The van der Waals surface area contributed by atoms with Crippen LogP contribution in [-0.4, -0.2) is 54.1 Å². The number of pyridine rings is 1. The predicted octanol–water partition coefficient (Wildman–Crippen LogP) is 3.63. The van der Waals surface area contributed by atoms with Crippen LogP contribution in [0, 0.1) is 5.92 Å². The van der Waals surface area contributed by atoms with E-state index in [2.05, 4.69) is 10.3 Å². The monoisotopic (exact) mass is 511 g/mol. The van der Waals surface area contributed by atoms with Gasteiger partial charge in [-0.3, -0.25) is 4.98 Å². The van der Waals surface area contributed by atoms with Crippen molar-refractivity contribution < 1.29 is 23.1 Å². The minimum absolute atomic E-state index is 0.0235. The molecule has 0 radical (unpaired) electrons. The Kier molecular flexibility index (Phi) is 9.98. The number of hydrogen-bond donors (Lipinski definition) is 2. The van der Waals surface area contributed by atoms with Crippen LogP contribution >= 0.6 is 0 Å². The molecule has 0 saturated carbocycles. The normalized spacial score (nSPS) is 13.4. The Morgan fingerprint density at radius 1 is 0.972 bits per heavy atom. The van der Waals surface area contributed by atoms with Crippen LogP contribution in [0.3, 0.4) is 0 Å². The number of ether oxygens (including phenoxy) is 1. The smallest absolute Gasteiger partial charge is 0.407 e. The number of sulfonamides is 1. The van der Waals surface area contributed by atoms with Gasteiger partial charge in [0, 0.05) is 31.0 Å². The van der Waals surface area contributed by atoms with Crippen molar-refractivity contribution in [2.75, 3.05) is 13.1 Å². The number of nitrogens with one attached hydrogen (secondary N) is 1. The van der Waals surface area contributed by atoms with Gasteiger partial charge in [-0.1, -0.05) is 68.4 Å². The molecule has 2 N–H and O–H groups in total. The van der Waals surface area contributed by atoms with Gasteiger partial charge in [0.1, 0.15) is 6.61 Å². The van der Waals surface area contributed by atoms with Gasteiger partial charge in [-0.2, -0.15) is 4.31 Å². The maximum Gasteiger partial charge on any atom is 0.407 e. The lowest BCUT2D eigenvalue weighted by atomic mass is 10.0. The molecule has 8 nitrogen and oxygen atoms in total. The van der Waals surface area contributed by atoms with E-state index in [1.165, 1.54) is 16.4 Å². The fourth-order valence-electron chi connectivity index (χ4n) is 3.73. The molecule has 0 aliphatic rings. The summed E-state index contributed by atoms with van der Waals surface area (Å²) in [7, 11) is -3.85. The highest BCUT2D eigenvalue weighted by Gasteiger charge is 2.31. The van der Waals surface area contributed by atoms with Gasteiger partial charge >= 0.3 is 6.09 Å². The third-order valence-corrected chi connectivity index (χ3v) is 7.35. The highest BCUT2D eigenvalue weighted by atomic mass is 32.2. The predicted molar refractivity (Wildman–Crippen MR) is 138 cm³/mol. The molecule has 1 aromatic heterocycles. The second kappa shape index (κ2) is 13.2. The summed E-state index contributed by atoms with van der Waals surface area (Å²) in [5.74, 6) is 0.0284. The lowest BCUT2D eigenvalue weighted by Gasteiger charge is -2.30. The number of nitrogens with zero attached hydrogens (tertiary/aromatic N) is 2. The summed E-state index contributed by atoms with van der Waals surface area (Å²) in [4.78, 5) is 16.8. The van der Waals surface area contributed by atoms with E-state index >= 15 is 0 Å². The van der Waals surface area contributed by atoms with Gasteiger partial charge in [0.05, 0.1) is 17.0 Å². The summed E-state index contributed by atoms with van der Waals surface area (Å²) in [5.41, 5.74) is 1.61. The first kappa shape index (κ1) is 27.3. The SMILES string of the molecule is CC(C)CN(C[C@@H](O)C(Cc1ccccc1)NC(=O)OCc1cccnc1)S(=O)(=O)c1ccccc1. The molecule has 2 atom stereocenters. The van der Waals surface area contributed by atoms with Gasteiger partial charge in [0.2, 0.25) is 10.0 Å². The van der Waals surface area contributed by atoms with Crippen LogP contribution in [0.25, 0.3) is 0 Å². The van der Waals surface area contributed by atoms with Crippen LogP contribution in [0.4, 0.5) is 4.79 Å². The summed E-state index contributed by atoms with van der Waals surface area (Å²) < 4.78 is 33.3. The van der Waals surface area contributed by atoms with Gasteiger partial charge in [-0.25, -0.2) is 13.2 Å². The number of aromatic nitrogens is 1. The van der Waals surface area contributed by atoms with E-state index in [1.54, 1.807) is 42.7 Å². The van der Waals surface area contributed by atoms with E-state index < -0.39 is 28.3 Å². The van der Waals surface area contributed by atoms with Gasteiger partial charge in [0.25, 0.3) is 0 Å². The van der Waals surface area contributed by atoms with Crippen molar-refractivity contribution in [3.05, 3.63) is 96.3 Å². The number of hydrogen-bond acceptors (Lipinski definition) is 6. The third-order valence-electron chi connectivity index (χ3n) is 5.50. The molecule has 0 saturated heterocycles. The van der Waals surface area contributed by atoms with Crippen LogP contribution in [0.15, 0.2) is 90.1 Å². The second-order valence-corrected chi connectivity index (χ2v) is 10.9. The zero-order valence-corrected chi connectivity index (χ0v) is 21.3. The molecular weight excluding hydrogens is 478 g/mol. The highest BCUT2D eigenvalue weighted by molar-refractivity contribution is 7.89. The maximum atomic E-state index is 13.4. The first-order valence-corrected chi connectivity index (χ1v) is 13.3. The molecule has 0 aliphatic heterocycles. The Balaban J connectivity index is 1.77. The zero-order chi connectivity index (χ0) is 26.0. The number of alkyl carbamates (subject to hydrolysis) is 1. The number of benzene rings is 2. The first-order valence-electron chi connectivity index (χ1n) is 11.8. The summed E-state index contributed by atoms with van der Waals surface area (Å²) in [6.45, 7) is 3.88. The minimum atomic E-state index is -3.85. The topological polar surface area (TPSA) is 109 Å². The Morgan fingerprint density at radius 3 is 2.22 bits per heavy atom. The minimum Gasteiger partial charge on any atom is -0.445 e. The highest BCUT2D eigenvalue weighted by Crippen LogP contribution is 2.19. The van der Waals surface area contributed by atoms with Crippen LogP contribution in [0.2, 0.25) is 0 Å². The number of aliphatic hydroxyl groups is 1. The third kappa shape index (κ3) is 8.15. The van der Waals surface area contributed by atoms with E-state index in [0.717, 1.165) is 11.1 Å². The van der Waals surface area contributed by atoms with Crippen molar-refractivity contribution in [1.29, 1.82) is 0 Å². The second-order valence-electron chi connectivity index (χ2n) is 8.97. The number of carbonyl (C=O) groups is 1. The van der Waals surface area contributed by atoms with Gasteiger partial charge in [-0.15, -0.1) is 0 Å². The maximum absolute atomic E-state index is 13.4. The van der Waals surface area contributed by atoms with Gasteiger partial charge < -0.3 is 15.2 Å². The Morgan fingerprint density at radius 2 is 1.61 bits per heavy atom. The van der Waals surface area contributed by atoms with Crippen LogP contribution in [0.1, 0.15) is 25.0 Å². The number of amides is 1. The number of carbonyl (C=O) groups excluding carboxylic acids is 1. The molecule has 0 bridgehead atoms. The quantitative estimate of drug-likeness (QED) is 0.384.